The molecule has 1 rings (SSSR count). The number of rotatable bonds is 5. The van der Waals surface area contributed by atoms with E-state index >= 15 is 0 Å². The van der Waals surface area contributed by atoms with E-state index in [1.165, 1.54) is 26.4 Å². The molecule has 3 nitrogen and oxygen atoms in total. The second-order valence-electron chi connectivity index (χ2n) is 5.19. The highest BCUT2D eigenvalue weighted by Crippen LogP contribution is 2.42. The van der Waals surface area contributed by atoms with Crippen molar-refractivity contribution in [3.63, 3.8) is 0 Å². The van der Waals surface area contributed by atoms with Crippen molar-refractivity contribution in [3.8, 4) is 11.5 Å². The lowest BCUT2D eigenvalue weighted by molar-refractivity contribution is 0.0170. The number of alkyl halides is 2. The van der Waals surface area contributed by atoms with Gasteiger partial charge in [-0.15, -0.1) is 0 Å². The van der Waals surface area contributed by atoms with Crippen molar-refractivity contribution in [2.45, 2.75) is 32.1 Å². The Morgan fingerprint density at radius 1 is 1.11 bits per heavy atom. The molecule has 0 aliphatic heterocycles. The second-order valence-corrected chi connectivity index (χ2v) is 5.19. The van der Waals surface area contributed by atoms with E-state index in [-0.39, 0.29) is 17.9 Å². The molecule has 0 aromatic heterocycles. The highest BCUT2D eigenvalue weighted by atomic mass is 19.3. The van der Waals surface area contributed by atoms with Gasteiger partial charge < -0.3 is 14.6 Å². The van der Waals surface area contributed by atoms with E-state index < -0.39 is 11.3 Å². The number of methoxy groups -OCH3 is 2. The second kappa shape index (κ2) is 5.33. The molecule has 19 heavy (non-hydrogen) atoms. The van der Waals surface area contributed by atoms with E-state index in [0.717, 1.165) is 6.92 Å². The standard InChI is InChI=1S/C14H20F2O3/c1-13(2,8-17)10-6-9(14(3,15)16)7-11(18-4)12(10)19-5/h6-7,17H,8H2,1-5H3. The largest absolute Gasteiger partial charge is 0.493 e. The quantitative estimate of drug-likeness (QED) is 0.896. The summed E-state index contributed by atoms with van der Waals surface area (Å²) in [7, 11) is 2.84. The van der Waals surface area contributed by atoms with Crippen LogP contribution in [-0.4, -0.2) is 25.9 Å². The fraction of sp³-hybridized carbons (Fsp3) is 0.571. The van der Waals surface area contributed by atoms with Crippen molar-refractivity contribution < 1.29 is 23.4 Å². The fourth-order valence-electron chi connectivity index (χ4n) is 1.81. The summed E-state index contributed by atoms with van der Waals surface area (Å²) in [5.74, 6) is -2.38. The van der Waals surface area contributed by atoms with Crippen LogP contribution >= 0.6 is 0 Å². The molecule has 5 heteroatoms. The highest BCUT2D eigenvalue weighted by molar-refractivity contribution is 5.53. The summed E-state index contributed by atoms with van der Waals surface area (Å²) in [5.41, 5.74) is -0.380. The number of ether oxygens (including phenoxy) is 2. The molecule has 0 radical (unpaired) electrons. The highest BCUT2D eigenvalue weighted by Gasteiger charge is 2.32. The predicted molar refractivity (Wildman–Crippen MR) is 69.2 cm³/mol. The summed E-state index contributed by atoms with van der Waals surface area (Å²) in [6.45, 7) is 4.14. The molecule has 1 aromatic rings. The summed E-state index contributed by atoms with van der Waals surface area (Å²) in [6, 6.07) is 2.62. The Balaban J connectivity index is 3.58. The Kier molecular flexibility index (Phi) is 4.40. The van der Waals surface area contributed by atoms with Crippen LogP contribution in [0, 0.1) is 0 Å². The monoisotopic (exact) mass is 274 g/mol. The Bertz CT molecular complexity index is 451. The average Bonchev–Trinajstić information content (AvgIpc) is 2.35. The van der Waals surface area contributed by atoms with Crippen molar-refractivity contribution in [2.24, 2.45) is 0 Å². The zero-order valence-corrected chi connectivity index (χ0v) is 11.9. The van der Waals surface area contributed by atoms with Crippen LogP contribution in [0.1, 0.15) is 31.9 Å². The molecule has 0 unspecified atom stereocenters. The summed E-state index contributed by atoms with van der Waals surface area (Å²) < 4.78 is 37.4. The van der Waals surface area contributed by atoms with Crippen molar-refractivity contribution in [2.75, 3.05) is 20.8 Å². The first-order valence-electron chi connectivity index (χ1n) is 5.93. The third kappa shape index (κ3) is 3.15. The Morgan fingerprint density at radius 2 is 1.68 bits per heavy atom. The van der Waals surface area contributed by atoms with Crippen molar-refractivity contribution >= 4 is 0 Å². The maximum atomic E-state index is 13.5. The van der Waals surface area contributed by atoms with Gasteiger partial charge in [0.15, 0.2) is 11.5 Å². The number of benzene rings is 1. The third-order valence-electron chi connectivity index (χ3n) is 3.11. The van der Waals surface area contributed by atoms with Crippen LogP contribution in [0.15, 0.2) is 12.1 Å². The maximum absolute atomic E-state index is 13.5. The third-order valence-corrected chi connectivity index (χ3v) is 3.11. The summed E-state index contributed by atoms with van der Waals surface area (Å²) >= 11 is 0. The van der Waals surface area contributed by atoms with Gasteiger partial charge in [-0.25, -0.2) is 8.78 Å². The lowest BCUT2D eigenvalue weighted by atomic mass is 9.83. The minimum Gasteiger partial charge on any atom is -0.493 e. The number of hydrogen-bond acceptors (Lipinski definition) is 3. The van der Waals surface area contributed by atoms with Gasteiger partial charge in [-0.05, 0) is 12.1 Å². The molecular weight excluding hydrogens is 254 g/mol. The van der Waals surface area contributed by atoms with Crippen LogP contribution in [0.4, 0.5) is 8.78 Å². The SMILES string of the molecule is COc1cc(C(C)(F)F)cc(C(C)(C)CO)c1OC. The van der Waals surface area contributed by atoms with E-state index in [0.29, 0.717) is 11.3 Å². The molecular formula is C14H20F2O3. The summed E-state index contributed by atoms with van der Waals surface area (Å²) in [5, 5.41) is 9.44. The van der Waals surface area contributed by atoms with Gasteiger partial charge in [0.1, 0.15) is 0 Å². The average molecular weight is 274 g/mol. The molecule has 1 N–H and O–H groups in total. The molecule has 0 heterocycles. The molecule has 0 atom stereocenters. The topological polar surface area (TPSA) is 38.7 Å². The van der Waals surface area contributed by atoms with Crippen LogP contribution in [-0.2, 0) is 11.3 Å². The van der Waals surface area contributed by atoms with Crippen molar-refractivity contribution in [1.29, 1.82) is 0 Å². The maximum Gasteiger partial charge on any atom is 0.270 e. The molecule has 0 bridgehead atoms. The van der Waals surface area contributed by atoms with E-state index in [1.54, 1.807) is 13.8 Å². The van der Waals surface area contributed by atoms with Gasteiger partial charge in [0.05, 0.1) is 20.8 Å². The van der Waals surface area contributed by atoms with Crippen LogP contribution in [0.25, 0.3) is 0 Å². The minimum atomic E-state index is -2.99. The molecule has 0 spiro atoms. The first-order chi connectivity index (χ1) is 8.67. The van der Waals surface area contributed by atoms with Gasteiger partial charge in [-0.2, -0.15) is 0 Å². The number of halogens is 2. The van der Waals surface area contributed by atoms with E-state index in [4.69, 9.17) is 9.47 Å². The van der Waals surface area contributed by atoms with Gasteiger partial charge in [0.2, 0.25) is 0 Å². The molecule has 0 aliphatic rings. The number of aliphatic hydroxyl groups is 1. The van der Waals surface area contributed by atoms with E-state index in [1.807, 2.05) is 0 Å². The molecule has 0 amide bonds. The van der Waals surface area contributed by atoms with Crippen LogP contribution in [0.5, 0.6) is 11.5 Å². The van der Waals surface area contributed by atoms with Crippen molar-refractivity contribution in [3.05, 3.63) is 23.3 Å². The Morgan fingerprint density at radius 3 is 2.05 bits per heavy atom. The first kappa shape index (κ1) is 15.7. The van der Waals surface area contributed by atoms with Gasteiger partial charge in [0.25, 0.3) is 5.92 Å². The van der Waals surface area contributed by atoms with Crippen LogP contribution < -0.4 is 9.47 Å². The lowest BCUT2D eigenvalue weighted by Gasteiger charge is -2.27. The van der Waals surface area contributed by atoms with E-state index in [2.05, 4.69) is 0 Å². The first-order valence-corrected chi connectivity index (χ1v) is 5.93. The normalized spacial score (nSPS) is 12.4. The summed E-state index contributed by atoms with van der Waals surface area (Å²) in [4.78, 5) is 0. The summed E-state index contributed by atoms with van der Waals surface area (Å²) in [6.07, 6.45) is 0. The zero-order valence-electron chi connectivity index (χ0n) is 11.9. The number of hydrogen-bond donors (Lipinski definition) is 1. The van der Waals surface area contributed by atoms with Crippen LogP contribution in [0.2, 0.25) is 0 Å². The molecule has 0 aliphatic carbocycles. The smallest absolute Gasteiger partial charge is 0.270 e. The minimum absolute atomic E-state index is 0.165. The lowest BCUT2D eigenvalue weighted by Crippen LogP contribution is -2.24. The number of aliphatic hydroxyl groups excluding tert-OH is 1. The molecule has 108 valence electrons. The Labute approximate surface area is 112 Å². The molecule has 0 saturated carbocycles. The molecule has 0 saturated heterocycles. The molecule has 0 fully saturated rings. The fourth-order valence-corrected chi connectivity index (χ4v) is 1.81. The van der Waals surface area contributed by atoms with Gasteiger partial charge in [-0.1, -0.05) is 13.8 Å². The van der Waals surface area contributed by atoms with Crippen LogP contribution in [0.3, 0.4) is 0 Å². The molecule has 1 aromatic carbocycles. The predicted octanol–water partition coefficient (Wildman–Crippen LogP) is 3.09. The Hall–Kier alpha value is -1.36. The van der Waals surface area contributed by atoms with Gasteiger partial charge >= 0.3 is 0 Å². The van der Waals surface area contributed by atoms with Crippen molar-refractivity contribution in [1.82, 2.24) is 0 Å². The van der Waals surface area contributed by atoms with E-state index in [9.17, 15) is 13.9 Å². The van der Waals surface area contributed by atoms with Gasteiger partial charge in [-0.3, -0.25) is 0 Å². The van der Waals surface area contributed by atoms with Gasteiger partial charge in [0, 0.05) is 23.5 Å². The zero-order chi connectivity index (χ0) is 14.8.